The molecule has 1 aliphatic rings. The summed E-state index contributed by atoms with van der Waals surface area (Å²) in [5.41, 5.74) is 0.0108. The number of nitro groups is 1. The van der Waals surface area contributed by atoms with Crippen LogP contribution in [0.3, 0.4) is 0 Å². The molecule has 0 bridgehead atoms. The van der Waals surface area contributed by atoms with Crippen LogP contribution < -0.4 is 0 Å². The lowest BCUT2D eigenvalue weighted by molar-refractivity contribution is -0.384. The summed E-state index contributed by atoms with van der Waals surface area (Å²) in [5.74, 6) is 0.350. The van der Waals surface area contributed by atoms with Crippen molar-refractivity contribution < 1.29 is 20.2 Å². The molecule has 104 valence electrons. The molecule has 4 atom stereocenters. The highest BCUT2D eigenvalue weighted by Crippen LogP contribution is 2.38. The van der Waals surface area contributed by atoms with Crippen LogP contribution in [0.4, 0.5) is 5.69 Å². The summed E-state index contributed by atoms with van der Waals surface area (Å²) >= 11 is 2.68. The van der Waals surface area contributed by atoms with Crippen LogP contribution in [-0.2, 0) is 0 Å². The van der Waals surface area contributed by atoms with Gasteiger partial charge in [0, 0.05) is 22.8 Å². The van der Waals surface area contributed by atoms with Crippen molar-refractivity contribution in [2.24, 2.45) is 0 Å². The zero-order chi connectivity index (χ0) is 14.0. The number of non-ortho nitro benzene ring substituents is 1. The van der Waals surface area contributed by atoms with Gasteiger partial charge in [-0.2, -0.15) is 0 Å². The molecule has 0 unspecified atom stereocenters. The van der Waals surface area contributed by atoms with Gasteiger partial charge in [0.25, 0.3) is 5.69 Å². The van der Waals surface area contributed by atoms with Crippen LogP contribution in [0.5, 0.6) is 0 Å². The van der Waals surface area contributed by atoms with E-state index in [1.165, 1.54) is 35.7 Å². The number of hydrogen-bond donors (Lipinski definition) is 3. The average Bonchev–Trinajstić information content (AvgIpc) is 2.40. The van der Waals surface area contributed by atoms with Crippen molar-refractivity contribution >= 4 is 29.2 Å². The second-order valence-electron chi connectivity index (χ2n) is 4.12. The second-order valence-corrected chi connectivity index (χ2v) is 6.81. The van der Waals surface area contributed by atoms with E-state index in [1.807, 2.05) is 0 Å². The highest BCUT2D eigenvalue weighted by molar-refractivity contribution is 8.17. The lowest BCUT2D eigenvalue weighted by Crippen LogP contribution is -2.47. The van der Waals surface area contributed by atoms with E-state index >= 15 is 0 Å². The second kappa shape index (κ2) is 6.10. The Morgan fingerprint density at radius 2 is 1.84 bits per heavy atom. The van der Waals surface area contributed by atoms with E-state index in [-0.39, 0.29) is 10.3 Å². The van der Waals surface area contributed by atoms with Crippen molar-refractivity contribution in [3.05, 3.63) is 34.4 Å². The smallest absolute Gasteiger partial charge is 0.269 e. The Labute approximate surface area is 118 Å². The Hall–Kier alpha value is -0.800. The highest BCUT2D eigenvalue weighted by atomic mass is 32.2. The minimum atomic E-state index is -1.16. The molecule has 2 rings (SSSR count). The van der Waals surface area contributed by atoms with Gasteiger partial charge in [0.1, 0.15) is 12.2 Å². The molecule has 1 aromatic carbocycles. The first-order chi connectivity index (χ1) is 8.99. The summed E-state index contributed by atoms with van der Waals surface area (Å²) in [4.78, 5) is 10.8. The third kappa shape index (κ3) is 3.40. The number of aliphatic hydroxyl groups excluding tert-OH is 3. The molecular formula is C11H13NO5S2. The van der Waals surface area contributed by atoms with E-state index in [2.05, 4.69) is 0 Å². The third-order valence-corrected chi connectivity index (χ3v) is 5.65. The standard InChI is InChI=1S/C11H13NO5S2/c13-8-5-18-11(10(15)9(8)14)19-7-3-1-6(2-4-7)12(16)17/h1-4,8-11,13-15H,5H2/t8-,9-,10+,11-/m1/s1. The largest absolute Gasteiger partial charge is 0.389 e. The fourth-order valence-electron chi connectivity index (χ4n) is 1.66. The maximum atomic E-state index is 10.5. The van der Waals surface area contributed by atoms with Gasteiger partial charge in [-0.3, -0.25) is 10.1 Å². The third-order valence-electron chi connectivity index (χ3n) is 2.75. The Morgan fingerprint density at radius 1 is 1.21 bits per heavy atom. The van der Waals surface area contributed by atoms with Gasteiger partial charge in [-0.05, 0) is 12.1 Å². The van der Waals surface area contributed by atoms with E-state index in [1.54, 1.807) is 12.1 Å². The SMILES string of the molecule is O=[N+]([O-])c1ccc(S[C@H]2SC[C@@H](O)[C@@H](O)[C@@H]2O)cc1. The normalized spacial score (nSPS) is 31.1. The monoisotopic (exact) mass is 303 g/mol. The maximum Gasteiger partial charge on any atom is 0.269 e. The molecule has 0 aromatic heterocycles. The van der Waals surface area contributed by atoms with E-state index in [0.717, 1.165) is 4.90 Å². The summed E-state index contributed by atoms with van der Waals surface area (Å²) in [6.07, 6.45) is -3.11. The molecule has 1 aromatic rings. The predicted octanol–water partition coefficient (Wildman–Crippen LogP) is 0.842. The quantitative estimate of drug-likeness (QED) is 0.561. The van der Waals surface area contributed by atoms with Crippen LogP contribution in [0.25, 0.3) is 0 Å². The van der Waals surface area contributed by atoms with Gasteiger partial charge < -0.3 is 15.3 Å². The molecule has 1 heterocycles. The van der Waals surface area contributed by atoms with Crippen LogP contribution in [0, 0.1) is 10.1 Å². The van der Waals surface area contributed by atoms with E-state index in [4.69, 9.17) is 0 Å². The van der Waals surface area contributed by atoms with Crippen molar-refractivity contribution in [3.63, 3.8) is 0 Å². The van der Waals surface area contributed by atoms with Gasteiger partial charge in [-0.25, -0.2) is 0 Å². The van der Waals surface area contributed by atoms with Crippen LogP contribution in [0.2, 0.25) is 0 Å². The number of thioether (sulfide) groups is 2. The molecule has 1 saturated heterocycles. The van der Waals surface area contributed by atoms with Gasteiger partial charge in [-0.15, -0.1) is 23.5 Å². The average molecular weight is 303 g/mol. The van der Waals surface area contributed by atoms with Crippen molar-refractivity contribution in [2.45, 2.75) is 27.8 Å². The molecule has 19 heavy (non-hydrogen) atoms. The first-order valence-electron chi connectivity index (χ1n) is 5.56. The fraction of sp³-hybridized carbons (Fsp3) is 0.455. The van der Waals surface area contributed by atoms with E-state index in [0.29, 0.717) is 5.75 Å². The van der Waals surface area contributed by atoms with Crippen LogP contribution in [-0.4, -0.2) is 48.9 Å². The van der Waals surface area contributed by atoms with E-state index in [9.17, 15) is 25.4 Å². The Morgan fingerprint density at radius 3 is 2.42 bits per heavy atom. The fourth-order valence-corrected chi connectivity index (χ4v) is 4.31. The summed E-state index contributed by atoms with van der Waals surface area (Å²) in [7, 11) is 0. The molecular weight excluding hydrogens is 290 g/mol. The van der Waals surface area contributed by atoms with Crippen molar-refractivity contribution in [1.82, 2.24) is 0 Å². The number of rotatable bonds is 3. The van der Waals surface area contributed by atoms with Crippen molar-refractivity contribution in [3.8, 4) is 0 Å². The number of benzene rings is 1. The van der Waals surface area contributed by atoms with Crippen LogP contribution in [0.15, 0.2) is 29.2 Å². The first-order valence-corrected chi connectivity index (χ1v) is 7.49. The number of nitro benzene ring substituents is 1. The van der Waals surface area contributed by atoms with Crippen molar-refractivity contribution in [2.75, 3.05) is 5.75 Å². The number of aliphatic hydroxyl groups is 3. The summed E-state index contributed by atoms with van der Waals surface area (Å²) in [5, 5.41) is 39.4. The first kappa shape index (κ1) is 14.6. The Balaban J connectivity index is 2.03. The van der Waals surface area contributed by atoms with Gasteiger partial charge >= 0.3 is 0 Å². The molecule has 0 aliphatic carbocycles. The molecule has 0 radical (unpaired) electrons. The molecule has 8 heteroatoms. The van der Waals surface area contributed by atoms with Crippen molar-refractivity contribution in [1.29, 1.82) is 0 Å². The van der Waals surface area contributed by atoms with Gasteiger partial charge in [0.2, 0.25) is 0 Å². The minimum absolute atomic E-state index is 0.0108. The number of nitrogens with zero attached hydrogens (tertiary/aromatic N) is 1. The predicted molar refractivity (Wildman–Crippen MR) is 73.2 cm³/mol. The molecule has 6 nitrogen and oxygen atoms in total. The van der Waals surface area contributed by atoms with Gasteiger partial charge in [0.15, 0.2) is 0 Å². The Kier molecular flexibility index (Phi) is 4.69. The summed E-state index contributed by atoms with van der Waals surface area (Å²) in [6.45, 7) is 0. The van der Waals surface area contributed by atoms with Gasteiger partial charge in [0.05, 0.1) is 15.6 Å². The van der Waals surface area contributed by atoms with Crippen LogP contribution in [0.1, 0.15) is 0 Å². The molecule has 0 amide bonds. The number of hydrogen-bond acceptors (Lipinski definition) is 7. The maximum absolute atomic E-state index is 10.5. The molecule has 1 fully saturated rings. The summed E-state index contributed by atoms with van der Waals surface area (Å²) in [6, 6.07) is 6.00. The highest BCUT2D eigenvalue weighted by Gasteiger charge is 2.37. The zero-order valence-corrected chi connectivity index (χ0v) is 11.4. The van der Waals surface area contributed by atoms with Gasteiger partial charge in [-0.1, -0.05) is 0 Å². The molecule has 0 saturated carbocycles. The molecule has 3 N–H and O–H groups in total. The topological polar surface area (TPSA) is 104 Å². The zero-order valence-electron chi connectivity index (χ0n) is 9.75. The Bertz CT molecular complexity index is 455. The minimum Gasteiger partial charge on any atom is -0.389 e. The molecule has 0 spiro atoms. The molecule has 1 aliphatic heterocycles. The van der Waals surface area contributed by atoms with E-state index < -0.39 is 23.2 Å². The lowest BCUT2D eigenvalue weighted by atomic mass is 10.1. The lowest BCUT2D eigenvalue weighted by Gasteiger charge is -2.34. The summed E-state index contributed by atoms with van der Waals surface area (Å²) < 4.78 is -0.306. The van der Waals surface area contributed by atoms with Crippen LogP contribution >= 0.6 is 23.5 Å².